The number of nitrogen functional groups attached to an aromatic ring is 1. The van der Waals surface area contributed by atoms with Gasteiger partial charge in [-0.15, -0.1) is 34.4 Å². The zero-order valence-electron chi connectivity index (χ0n) is 18.3. The number of aryl methyl sites for hydroxylation is 1. The molecule has 12 nitrogen and oxygen atoms in total. The molecule has 0 radical (unpaired) electrons. The SMILES string of the molecule is CO/N=C(\C(=O)N[C@@H]1C(=O)N2C(C(=O)[O-])=C(OCc3nc(C)cs3)CS[C@@H]12)c1csc(N)n1.[Na+]. The van der Waals surface area contributed by atoms with Crippen LogP contribution in [0.25, 0.3) is 0 Å². The molecule has 3 N–H and O–H groups in total. The molecular formula is C18H17N6NaO6S3. The number of nitrogens with zero attached hydrogens (tertiary/aromatic N) is 4. The van der Waals surface area contributed by atoms with E-state index in [1.165, 1.54) is 35.6 Å². The van der Waals surface area contributed by atoms with Gasteiger partial charge in [0, 0.05) is 16.5 Å². The summed E-state index contributed by atoms with van der Waals surface area (Å²) in [6.07, 6.45) is 0. The number of β-lactam (4-membered cyclic amide) rings is 1. The monoisotopic (exact) mass is 532 g/mol. The molecule has 0 aromatic carbocycles. The number of thioether (sulfide) groups is 1. The summed E-state index contributed by atoms with van der Waals surface area (Å²) in [4.78, 5) is 51.4. The van der Waals surface area contributed by atoms with Crippen molar-refractivity contribution in [3.63, 3.8) is 0 Å². The Morgan fingerprint density at radius 1 is 1.35 bits per heavy atom. The van der Waals surface area contributed by atoms with Gasteiger partial charge >= 0.3 is 29.6 Å². The number of carbonyl (C=O) groups excluding carboxylic acids is 3. The second kappa shape index (κ2) is 11.0. The van der Waals surface area contributed by atoms with Gasteiger partial charge in [0.2, 0.25) is 0 Å². The largest absolute Gasteiger partial charge is 1.00 e. The van der Waals surface area contributed by atoms with Gasteiger partial charge in [0.25, 0.3) is 11.8 Å². The summed E-state index contributed by atoms with van der Waals surface area (Å²) >= 11 is 3.76. The van der Waals surface area contributed by atoms with Crippen LogP contribution in [-0.2, 0) is 30.6 Å². The molecule has 0 aliphatic carbocycles. The fourth-order valence-electron chi connectivity index (χ4n) is 3.21. The molecule has 0 bridgehead atoms. The molecule has 0 unspecified atom stereocenters. The van der Waals surface area contributed by atoms with E-state index in [4.69, 9.17) is 15.3 Å². The standard InChI is InChI=1S/C18H18N6O6S3.Na/c1-7-4-31-10(20-7)3-30-9-6-32-16-12(15(26)24(16)13(9)17(27)28)22-14(25)11(23-29-2)8-5-33-18(19)21-8;/h4-5,12,16H,3,6H2,1-2H3,(H2,19,21)(H,22,25)(H,27,28);/q;+1/p-1/b23-11-;/t12-,16+;/m1./s1. The first-order valence-electron chi connectivity index (χ1n) is 9.36. The number of nitrogens with two attached hydrogens (primary N) is 1. The number of anilines is 1. The number of rotatable bonds is 8. The van der Waals surface area contributed by atoms with Gasteiger partial charge in [0.15, 0.2) is 10.8 Å². The Balaban J connectivity index is 0.00000324. The Morgan fingerprint density at radius 3 is 2.71 bits per heavy atom. The number of ether oxygens (including phenoxy) is 1. The van der Waals surface area contributed by atoms with Crippen LogP contribution in [0.5, 0.6) is 0 Å². The van der Waals surface area contributed by atoms with Gasteiger partial charge < -0.3 is 30.5 Å². The Kier molecular flexibility index (Phi) is 8.59. The number of hydrogen-bond acceptors (Lipinski definition) is 13. The molecule has 4 rings (SSSR count). The molecule has 16 heteroatoms. The van der Waals surface area contributed by atoms with Crippen molar-refractivity contribution >= 4 is 63.1 Å². The van der Waals surface area contributed by atoms with Crippen LogP contribution >= 0.6 is 34.4 Å². The zero-order valence-corrected chi connectivity index (χ0v) is 22.7. The first kappa shape index (κ1) is 26.4. The molecule has 2 aliphatic rings. The number of oxime groups is 1. The van der Waals surface area contributed by atoms with E-state index >= 15 is 0 Å². The average molecular weight is 533 g/mol. The van der Waals surface area contributed by atoms with Crippen molar-refractivity contribution in [3.8, 4) is 0 Å². The summed E-state index contributed by atoms with van der Waals surface area (Å²) in [5.41, 5.74) is 6.14. The Bertz CT molecular complexity index is 1180. The summed E-state index contributed by atoms with van der Waals surface area (Å²) < 4.78 is 5.65. The topological polar surface area (TPSA) is 172 Å². The first-order chi connectivity index (χ1) is 15.8. The van der Waals surface area contributed by atoms with Crippen molar-refractivity contribution in [2.75, 3.05) is 18.6 Å². The van der Waals surface area contributed by atoms with Gasteiger partial charge in [-0.3, -0.25) is 14.5 Å². The maximum atomic E-state index is 12.8. The number of nitrogens with one attached hydrogen (secondary N) is 1. The number of carboxylic acid groups (broad SMARTS) is 1. The van der Waals surface area contributed by atoms with Crippen LogP contribution < -0.4 is 45.7 Å². The molecule has 1 fully saturated rings. The normalized spacial score (nSPS) is 19.6. The number of fused-ring (bicyclic) bond motifs is 1. The van der Waals surface area contributed by atoms with Crippen molar-refractivity contribution < 1.29 is 58.6 Å². The molecule has 2 aromatic heterocycles. The average Bonchev–Trinajstić information content (AvgIpc) is 3.40. The Labute approximate surface area is 227 Å². The Morgan fingerprint density at radius 2 is 2.12 bits per heavy atom. The van der Waals surface area contributed by atoms with Gasteiger partial charge in [0.1, 0.15) is 47.3 Å². The molecule has 34 heavy (non-hydrogen) atoms. The predicted octanol–water partition coefficient (Wildman–Crippen LogP) is -3.58. The van der Waals surface area contributed by atoms with E-state index in [2.05, 4.69) is 20.4 Å². The molecule has 2 aromatic rings. The van der Waals surface area contributed by atoms with Crippen molar-refractivity contribution in [2.24, 2.45) is 5.16 Å². The minimum absolute atomic E-state index is 0. The van der Waals surface area contributed by atoms with E-state index in [-0.39, 0.29) is 69.9 Å². The van der Waals surface area contributed by atoms with E-state index in [9.17, 15) is 19.5 Å². The molecule has 174 valence electrons. The smallest absolute Gasteiger partial charge is 0.543 e. The summed E-state index contributed by atoms with van der Waals surface area (Å²) in [7, 11) is 1.27. The van der Waals surface area contributed by atoms with E-state index < -0.39 is 29.2 Å². The van der Waals surface area contributed by atoms with Gasteiger partial charge in [0.05, 0.1) is 11.7 Å². The van der Waals surface area contributed by atoms with Crippen LogP contribution in [0.4, 0.5) is 5.13 Å². The van der Waals surface area contributed by atoms with Gasteiger partial charge in [-0.2, -0.15) is 0 Å². The van der Waals surface area contributed by atoms with Gasteiger partial charge in [-0.1, -0.05) is 5.16 Å². The molecular weight excluding hydrogens is 515 g/mol. The van der Waals surface area contributed by atoms with E-state index in [0.717, 1.165) is 21.9 Å². The number of hydrogen-bond donors (Lipinski definition) is 2. The van der Waals surface area contributed by atoms with Crippen LogP contribution in [0, 0.1) is 6.92 Å². The Hall–Kier alpha value is -2.17. The molecule has 0 saturated carbocycles. The minimum atomic E-state index is -1.54. The third-order valence-corrected chi connectivity index (χ3v) is 7.48. The quantitative estimate of drug-likeness (QED) is 0.150. The van der Waals surface area contributed by atoms with Crippen LogP contribution in [0.3, 0.4) is 0 Å². The number of carbonyl (C=O) groups is 3. The molecule has 1 saturated heterocycles. The summed E-state index contributed by atoms with van der Waals surface area (Å²) in [5.74, 6) is -2.57. The first-order valence-corrected chi connectivity index (χ1v) is 12.2. The number of carboxylic acids is 1. The van der Waals surface area contributed by atoms with Crippen LogP contribution in [0.2, 0.25) is 0 Å². The van der Waals surface area contributed by atoms with Crippen LogP contribution in [0.15, 0.2) is 27.4 Å². The third-order valence-electron chi connectivity index (χ3n) is 4.61. The fourth-order valence-corrected chi connectivity index (χ4v) is 5.72. The van der Waals surface area contributed by atoms with Crippen molar-refractivity contribution in [1.82, 2.24) is 20.2 Å². The van der Waals surface area contributed by atoms with E-state index in [1.54, 1.807) is 0 Å². The second-order valence-corrected chi connectivity index (χ2v) is 9.72. The molecule has 0 spiro atoms. The van der Waals surface area contributed by atoms with Crippen molar-refractivity contribution in [1.29, 1.82) is 0 Å². The number of amides is 2. The second-order valence-electron chi connectivity index (χ2n) is 6.78. The van der Waals surface area contributed by atoms with Crippen molar-refractivity contribution in [2.45, 2.75) is 24.9 Å². The number of thiazole rings is 2. The molecule has 2 atom stereocenters. The maximum absolute atomic E-state index is 12.8. The van der Waals surface area contributed by atoms with Crippen molar-refractivity contribution in [3.05, 3.63) is 38.6 Å². The maximum Gasteiger partial charge on any atom is 1.00 e. The van der Waals surface area contributed by atoms with Crippen LogP contribution in [-0.4, -0.2) is 62.6 Å². The number of aromatic nitrogens is 2. The molecule has 2 amide bonds. The summed E-state index contributed by atoms with van der Waals surface area (Å²) in [5, 5.41) is 21.7. The van der Waals surface area contributed by atoms with E-state index in [0.29, 0.717) is 5.01 Å². The molecule has 2 aliphatic heterocycles. The zero-order chi connectivity index (χ0) is 23.7. The van der Waals surface area contributed by atoms with Gasteiger partial charge in [-0.25, -0.2) is 9.97 Å². The van der Waals surface area contributed by atoms with Crippen LogP contribution in [0.1, 0.15) is 16.4 Å². The fraction of sp³-hybridized carbons (Fsp3) is 0.333. The summed E-state index contributed by atoms with van der Waals surface area (Å²) in [6.45, 7) is 1.91. The third kappa shape index (κ3) is 5.23. The van der Waals surface area contributed by atoms with Gasteiger partial charge in [-0.05, 0) is 6.92 Å². The predicted molar refractivity (Wildman–Crippen MR) is 119 cm³/mol. The summed E-state index contributed by atoms with van der Waals surface area (Å²) in [6, 6.07) is -0.974. The molecule has 4 heterocycles. The van der Waals surface area contributed by atoms with E-state index in [1.807, 2.05) is 12.3 Å². The minimum Gasteiger partial charge on any atom is -0.543 e. The number of aliphatic carboxylic acids is 1.